The first-order valence-corrected chi connectivity index (χ1v) is 10.1. The van der Waals surface area contributed by atoms with Gasteiger partial charge in [-0.05, 0) is 48.6 Å². The van der Waals surface area contributed by atoms with Crippen molar-refractivity contribution in [2.75, 3.05) is 13.1 Å². The first kappa shape index (κ1) is 19.8. The molecular weight excluding hydrogens is 376 g/mol. The highest BCUT2D eigenvalue weighted by Crippen LogP contribution is 2.38. The smallest absolute Gasteiger partial charge is 0.253 e. The van der Waals surface area contributed by atoms with E-state index in [1.54, 1.807) is 35.6 Å². The Balaban J connectivity index is 1.55. The molecule has 0 bridgehead atoms. The highest BCUT2D eigenvalue weighted by molar-refractivity contribution is 5.94. The molecule has 0 radical (unpaired) electrons. The van der Waals surface area contributed by atoms with E-state index >= 15 is 0 Å². The number of benzene rings is 1. The molecule has 1 aromatic carbocycles. The van der Waals surface area contributed by atoms with E-state index in [-0.39, 0.29) is 11.8 Å². The van der Waals surface area contributed by atoms with Crippen molar-refractivity contribution >= 4 is 11.8 Å². The lowest BCUT2D eigenvalue weighted by Gasteiger charge is -2.40. The standard InChI is InChI=1S/C24H24N4O2/c25-23(30)24(9-14-28(15-10-24)22(29)18-7-12-26-13-8-18)16-19-4-1-2-6-21(19)20-5-3-11-27-17-20/h1-8,11-13,17H,9-10,14-16H2,(H2,25,30). The average molecular weight is 400 g/mol. The first-order valence-electron chi connectivity index (χ1n) is 10.1. The van der Waals surface area contributed by atoms with Crippen LogP contribution in [0.2, 0.25) is 0 Å². The molecule has 30 heavy (non-hydrogen) atoms. The van der Waals surface area contributed by atoms with Gasteiger partial charge in [-0.2, -0.15) is 0 Å². The number of piperidine rings is 1. The first-order chi connectivity index (χ1) is 14.6. The Morgan fingerprint density at radius 1 is 0.933 bits per heavy atom. The fraction of sp³-hybridized carbons (Fsp3) is 0.250. The summed E-state index contributed by atoms with van der Waals surface area (Å²) in [6, 6.07) is 15.4. The van der Waals surface area contributed by atoms with Gasteiger partial charge in [0.15, 0.2) is 0 Å². The maximum atomic E-state index is 12.8. The fourth-order valence-corrected chi connectivity index (χ4v) is 4.17. The minimum absolute atomic E-state index is 0.0359. The number of rotatable bonds is 5. The number of likely N-dealkylation sites (tertiary alicyclic amines) is 1. The number of pyridine rings is 2. The van der Waals surface area contributed by atoms with Gasteiger partial charge in [0.05, 0.1) is 5.41 Å². The topological polar surface area (TPSA) is 89.2 Å². The number of hydrogen-bond donors (Lipinski definition) is 1. The molecule has 0 aliphatic carbocycles. The van der Waals surface area contributed by atoms with Crippen LogP contribution < -0.4 is 5.73 Å². The molecule has 4 rings (SSSR count). The molecule has 0 saturated carbocycles. The van der Waals surface area contributed by atoms with Gasteiger partial charge >= 0.3 is 0 Å². The van der Waals surface area contributed by atoms with E-state index in [1.807, 2.05) is 42.6 Å². The Kier molecular flexibility index (Phi) is 5.57. The molecule has 1 fully saturated rings. The third kappa shape index (κ3) is 3.94. The van der Waals surface area contributed by atoms with Crippen LogP contribution in [0.25, 0.3) is 11.1 Å². The van der Waals surface area contributed by atoms with Crippen molar-refractivity contribution in [3.05, 3.63) is 84.4 Å². The summed E-state index contributed by atoms with van der Waals surface area (Å²) < 4.78 is 0. The molecule has 1 saturated heterocycles. The van der Waals surface area contributed by atoms with Crippen molar-refractivity contribution in [2.24, 2.45) is 11.1 Å². The molecule has 0 atom stereocenters. The quantitative estimate of drug-likeness (QED) is 0.713. The predicted octanol–water partition coefficient (Wildman–Crippen LogP) is 3.09. The van der Waals surface area contributed by atoms with Crippen molar-refractivity contribution in [3.8, 4) is 11.1 Å². The maximum absolute atomic E-state index is 12.8. The van der Waals surface area contributed by atoms with Gasteiger partial charge in [-0.3, -0.25) is 19.6 Å². The van der Waals surface area contributed by atoms with Crippen molar-refractivity contribution in [1.82, 2.24) is 14.9 Å². The number of primary amides is 1. The summed E-state index contributed by atoms with van der Waals surface area (Å²) >= 11 is 0. The Hall–Kier alpha value is -3.54. The minimum atomic E-state index is -0.673. The molecule has 2 N–H and O–H groups in total. The van der Waals surface area contributed by atoms with Crippen LogP contribution in [0.1, 0.15) is 28.8 Å². The van der Waals surface area contributed by atoms with E-state index in [9.17, 15) is 9.59 Å². The van der Waals surface area contributed by atoms with Crippen LogP contribution in [0.4, 0.5) is 0 Å². The molecule has 3 heterocycles. The molecular formula is C24H24N4O2. The number of carbonyl (C=O) groups is 2. The van der Waals surface area contributed by atoms with Crippen LogP contribution in [0, 0.1) is 5.41 Å². The van der Waals surface area contributed by atoms with Crippen molar-refractivity contribution in [1.29, 1.82) is 0 Å². The van der Waals surface area contributed by atoms with Crippen molar-refractivity contribution in [2.45, 2.75) is 19.3 Å². The van der Waals surface area contributed by atoms with Gasteiger partial charge in [-0.15, -0.1) is 0 Å². The second-order valence-corrected chi connectivity index (χ2v) is 7.75. The fourth-order valence-electron chi connectivity index (χ4n) is 4.17. The third-order valence-electron chi connectivity index (χ3n) is 5.98. The summed E-state index contributed by atoms with van der Waals surface area (Å²) in [7, 11) is 0. The average Bonchev–Trinajstić information content (AvgIpc) is 2.80. The molecule has 6 heteroatoms. The van der Waals surface area contributed by atoms with Crippen LogP contribution in [-0.2, 0) is 11.2 Å². The summed E-state index contributed by atoms with van der Waals surface area (Å²) in [6.07, 6.45) is 8.42. The molecule has 1 aliphatic heterocycles. The second kappa shape index (κ2) is 8.45. The van der Waals surface area contributed by atoms with Crippen molar-refractivity contribution in [3.63, 3.8) is 0 Å². The van der Waals surface area contributed by atoms with Crippen LogP contribution in [0.5, 0.6) is 0 Å². The van der Waals surface area contributed by atoms with Gasteiger partial charge in [0, 0.05) is 49.0 Å². The summed E-state index contributed by atoms with van der Waals surface area (Å²) in [5.74, 6) is -0.342. The van der Waals surface area contributed by atoms with Crippen molar-refractivity contribution < 1.29 is 9.59 Å². The number of nitrogens with two attached hydrogens (primary N) is 1. The van der Waals surface area contributed by atoms with Gasteiger partial charge in [-0.25, -0.2) is 0 Å². The predicted molar refractivity (Wildman–Crippen MR) is 114 cm³/mol. The van der Waals surface area contributed by atoms with Gasteiger partial charge in [0.25, 0.3) is 5.91 Å². The normalized spacial score (nSPS) is 15.5. The van der Waals surface area contributed by atoms with Crippen LogP contribution in [0.3, 0.4) is 0 Å². The molecule has 2 aromatic heterocycles. The lowest BCUT2D eigenvalue weighted by Crippen LogP contribution is -2.50. The SMILES string of the molecule is NC(=O)C1(Cc2ccccc2-c2cccnc2)CCN(C(=O)c2ccncc2)CC1. The summed E-state index contributed by atoms with van der Waals surface area (Å²) in [4.78, 5) is 35.3. The van der Waals surface area contributed by atoms with Crippen LogP contribution in [-0.4, -0.2) is 39.8 Å². The number of aromatic nitrogens is 2. The van der Waals surface area contributed by atoms with Gasteiger partial charge in [0.1, 0.15) is 0 Å². The monoisotopic (exact) mass is 400 g/mol. The number of amides is 2. The summed E-state index contributed by atoms with van der Waals surface area (Å²) in [6.45, 7) is 0.998. The van der Waals surface area contributed by atoms with E-state index < -0.39 is 5.41 Å². The lowest BCUT2D eigenvalue weighted by molar-refractivity contribution is -0.130. The number of nitrogens with zero attached hydrogens (tertiary/aromatic N) is 3. The van der Waals surface area contributed by atoms with E-state index in [4.69, 9.17) is 5.73 Å². The van der Waals surface area contributed by atoms with Crippen LogP contribution in [0.15, 0.2) is 73.3 Å². The van der Waals surface area contributed by atoms with E-state index in [0.29, 0.717) is 37.9 Å². The van der Waals surface area contributed by atoms with E-state index in [0.717, 1.165) is 16.7 Å². The molecule has 2 amide bonds. The Morgan fingerprint density at radius 3 is 2.33 bits per heavy atom. The Bertz CT molecular complexity index is 1030. The molecule has 0 unspecified atom stereocenters. The van der Waals surface area contributed by atoms with Gasteiger partial charge in [-0.1, -0.05) is 30.3 Å². The van der Waals surface area contributed by atoms with Crippen LogP contribution >= 0.6 is 0 Å². The lowest BCUT2D eigenvalue weighted by atomic mass is 9.72. The summed E-state index contributed by atoms with van der Waals surface area (Å²) in [5, 5.41) is 0. The molecule has 3 aromatic rings. The molecule has 152 valence electrons. The molecule has 6 nitrogen and oxygen atoms in total. The Morgan fingerprint density at radius 2 is 1.67 bits per heavy atom. The van der Waals surface area contributed by atoms with E-state index in [1.165, 1.54) is 0 Å². The number of hydrogen-bond acceptors (Lipinski definition) is 4. The largest absolute Gasteiger partial charge is 0.369 e. The zero-order chi connectivity index (χ0) is 21.0. The zero-order valence-corrected chi connectivity index (χ0v) is 16.7. The highest BCUT2D eigenvalue weighted by atomic mass is 16.2. The number of carbonyl (C=O) groups excluding carboxylic acids is 2. The third-order valence-corrected chi connectivity index (χ3v) is 5.98. The highest BCUT2D eigenvalue weighted by Gasteiger charge is 2.41. The zero-order valence-electron chi connectivity index (χ0n) is 16.7. The Labute approximate surface area is 175 Å². The maximum Gasteiger partial charge on any atom is 0.253 e. The second-order valence-electron chi connectivity index (χ2n) is 7.75. The summed E-state index contributed by atoms with van der Waals surface area (Å²) in [5.41, 5.74) is 8.98. The van der Waals surface area contributed by atoms with Gasteiger partial charge in [0.2, 0.25) is 5.91 Å². The molecule has 0 spiro atoms. The minimum Gasteiger partial charge on any atom is -0.369 e. The molecule has 1 aliphatic rings. The van der Waals surface area contributed by atoms with E-state index in [2.05, 4.69) is 9.97 Å². The van der Waals surface area contributed by atoms with Gasteiger partial charge < -0.3 is 10.6 Å².